The summed E-state index contributed by atoms with van der Waals surface area (Å²) in [5.74, 6) is -0.858. The summed E-state index contributed by atoms with van der Waals surface area (Å²) in [6, 6.07) is -0.573. The fraction of sp³-hybridized carbons (Fsp3) is 0.583. The summed E-state index contributed by atoms with van der Waals surface area (Å²) in [5, 5.41) is 16.9. The molecule has 0 aliphatic heterocycles. The van der Waals surface area contributed by atoms with Crippen LogP contribution in [0.25, 0.3) is 0 Å². The molecule has 0 radical (unpaired) electrons. The lowest BCUT2D eigenvalue weighted by atomic mass is 10.2. The predicted octanol–water partition coefficient (Wildman–Crippen LogP) is 2.15. The lowest BCUT2D eigenvalue weighted by Crippen LogP contribution is -2.42. The largest absolute Gasteiger partial charge is 0.481 e. The van der Waals surface area contributed by atoms with Gasteiger partial charge in [-0.15, -0.1) is 11.3 Å². The van der Waals surface area contributed by atoms with Crippen molar-refractivity contribution in [2.75, 3.05) is 0 Å². The number of aliphatic carboxylic acids is 1. The summed E-state index contributed by atoms with van der Waals surface area (Å²) in [4.78, 5) is 26.4. The summed E-state index contributed by atoms with van der Waals surface area (Å²) >= 11 is 1.50. The van der Waals surface area contributed by atoms with Crippen LogP contribution in [0.1, 0.15) is 44.2 Å². The molecule has 0 bridgehead atoms. The van der Waals surface area contributed by atoms with Crippen LogP contribution in [0, 0.1) is 0 Å². The second kappa shape index (κ2) is 7.73. The molecule has 6 nitrogen and oxygen atoms in total. The minimum absolute atomic E-state index is 0.0468. The highest BCUT2D eigenvalue weighted by Gasteiger charge is 2.16. The fourth-order valence-corrected chi connectivity index (χ4v) is 2.35. The highest BCUT2D eigenvalue weighted by atomic mass is 32.1. The molecule has 2 unspecified atom stereocenters. The molecule has 1 heterocycles. The molecule has 0 aliphatic carbocycles. The quantitative estimate of drug-likeness (QED) is 0.716. The molecule has 0 saturated heterocycles. The van der Waals surface area contributed by atoms with Crippen LogP contribution in [0.4, 0.5) is 4.79 Å². The molecule has 0 aromatic carbocycles. The van der Waals surface area contributed by atoms with Gasteiger partial charge in [0.05, 0.1) is 6.04 Å². The minimum atomic E-state index is -0.858. The summed E-state index contributed by atoms with van der Waals surface area (Å²) in [5.41, 5.74) is 0. The van der Waals surface area contributed by atoms with Gasteiger partial charge in [0.1, 0.15) is 5.01 Å². The standard InChI is InChI=1S/C12H19N3O3S/c1-3-9(11-13-6-7-19-11)15-12(18)14-8(2)4-5-10(16)17/h6-9H,3-5H2,1-2H3,(H,16,17)(H2,14,15,18). The fourth-order valence-electron chi connectivity index (χ4n) is 1.58. The van der Waals surface area contributed by atoms with E-state index in [0.29, 0.717) is 6.42 Å². The zero-order valence-electron chi connectivity index (χ0n) is 11.0. The molecule has 1 aromatic heterocycles. The van der Waals surface area contributed by atoms with Gasteiger partial charge in [-0.05, 0) is 19.8 Å². The average molecular weight is 285 g/mol. The van der Waals surface area contributed by atoms with Gasteiger partial charge in [-0.3, -0.25) is 4.79 Å². The van der Waals surface area contributed by atoms with E-state index in [1.54, 1.807) is 13.1 Å². The van der Waals surface area contributed by atoms with Crippen LogP contribution in [-0.4, -0.2) is 28.1 Å². The Morgan fingerprint density at radius 3 is 2.74 bits per heavy atom. The van der Waals surface area contributed by atoms with E-state index in [-0.39, 0.29) is 24.5 Å². The lowest BCUT2D eigenvalue weighted by molar-refractivity contribution is -0.137. The molecule has 2 amide bonds. The van der Waals surface area contributed by atoms with Crippen LogP contribution in [-0.2, 0) is 4.79 Å². The summed E-state index contributed by atoms with van der Waals surface area (Å²) in [6.45, 7) is 3.76. The Labute approximate surface area is 116 Å². The van der Waals surface area contributed by atoms with Crippen molar-refractivity contribution < 1.29 is 14.7 Å². The molecule has 106 valence electrons. The van der Waals surface area contributed by atoms with Crippen molar-refractivity contribution in [2.45, 2.75) is 45.2 Å². The van der Waals surface area contributed by atoms with Gasteiger partial charge >= 0.3 is 12.0 Å². The molecule has 3 N–H and O–H groups in total. The molecule has 0 saturated carbocycles. The van der Waals surface area contributed by atoms with Gasteiger partial charge in [-0.25, -0.2) is 9.78 Å². The van der Waals surface area contributed by atoms with Gasteiger partial charge in [-0.2, -0.15) is 0 Å². The number of rotatable bonds is 7. The van der Waals surface area contributed by atoms with Crippen molar-refractivity contribution in [3.8, 4) is 0 Å². The topological polar surface area (TPSA) is 91.3 Å². The molecule has 2 atom stereocenters. The number of hydrogen-bond acceptors (Lipinski definition) is 4. The van der Waals surface area contributed by atoms with Gasteiger partial charge < -0.3 is 15.7 Å². The first-order chi connectivity index (χ1) is 9.02. The second-order valence-corrected chi connectivity index (χ2v) is 5.21. The number of nitrogens with zero attached hydrogens (tertiary/aromatic N) is 1. The molecule has 7 heteroatoms. The molecule has 0 spiro atoms. The predicted molar refractivity (Wildman–Crippen MR) is 73.1 cm³/mol. The van der Waals surface area contributed by atoms with Gasteiger partial charge in [-0.1, -0.05) is 6.92 Å². The van der Waals surface area contributed by atoms with E-state index in [9.17, 15) is 9.59 Å². The number of carboxylic acids is 1. The van der Waals surface area contributed by atoms with Crippen molar-refractivity contribution in [3.05, 3.63) is 16.6 Å². The summed E-state index contributed by atoms with van der Waals surface area (Å²) in [7, 11) is 0. The monoisotopic (exact) mass is 285 g/mol. The maximum atomic E-state index is 11.8. The Hall–Kier alpha value is -1.63. The van der Waals surface area contributed by atoms with E-state index < -0.39 is 5.97 Å². The van der Waals surface area contributed by atoms with Gasteiger partial charge in [0.25, 0.3) is 0 Å². The van der Waals surface area contributed by atoms with E-state index in [2.05, 4.69) is 15.6 Å². The first-order valence-electron chi connectivity index (χ1n) is 6.21. The molecular weight excluding hydrogens is 266 g/mol. The number of aromatic nitrogens is 1. The lowest BCUT2D eigenvalue weighted by Gasteiger charge is -2.18. The van der Waals surface area contributed by atoms with Crippen molar-refractivity contribution in [3.63, 3.8) is 0 Å². The second-order valence-electron chi connectivity index (χ2n) is 4.28. The van der Waals surface area contributed by atoms with E-state index in [1.165, 1.54) is 11.3 Å². The van der Waals surface area contributed by atoms with Crippen molar-refractivity contribution in [1.82, 2.24) is 15.6 Å². The molecule has 0 aliphatic rings. The number of carbonyl (C=O) groups is 2. The van der Waals surface area contributed by atoms with E-state index >= 15 is 0 Å². The van der Waals surface area contributed by atoms with Gasteiger partial charge in [0, 0.05) is 24.0 Å². The average Bonchev–Trinajstić information content (AvgIpc) is 2.87. The molecule has 0 fully saturated rings. The number of carbonyl (C=O) groups excluding carboxylic acids is 1. The van der Waals surface area contributed by atoms with E-state index in [1.807, 2.05) is 12.3 Å². The Morgan fingerprint density at radius 2 is 2.21 bits per heavy atom. The number of urea groups is 1. The third kappa shape index (κ3) is 5.69. The summed E-state index contributed by atoms with van der Waals surface area (Å²) in [6.07, 6.45) is 2.92. The maximum Gasteiger partial charge on any atom is 0.315 e. The SMILES string of the molecule is CCC(NC(=O)NC(C)CCC(=O)O)c1nccs1. The zero-order valence-corrected chi connectivity index (χ0v) is 11.9. The third-order valence-electron chi connectivity index (χ3n) is 2.63. The van der Waals surface area contributed by atoms with Crippen LogP contribution in [0.2, 0.25) is 0 Å². The maximum absolute atomic E-state index is 11.8. The Morgan fingerprint density at radius 1 is 1.47 bits per heavy atom. The normalized spacial score (nSPS) is 13.6. The molecule has 1 aromatic rings. The molecule has 19 heavy (non-hydrogen) atoms. The first-order valence-corrected chi connectivity index (χ1v) is 7.09. The number of carboxylic acid groups (broad SMARTS) is 1. The van der Waals surface area contributed by atoms with E-state index in [4.69, 9.17) is 5.11 Å². The van der Waals surface area contributed by atoms with E-state index in [0.717, 1.165) is 11.4 Å². The smallest absolute Gasteiger partial charge is 0.315 e. The Bertz CT molecular complexity index is 408. The van der Waals surface area contributed by atoms with Crippen molar-refractivity contribution in [1.29, 1.82) is 0 Å². The van der Waals surface area contributed by atoms with Crippen molar-refractivity contribution in [2.24, 2.45) is 0 Å². The van der Waals surface area contributed by atoms with Crippen LogP contribution in [0.15, 0.2) is 11.6 Å². The molecular formula is C12H19N3O3S. The number of hydrogen-bond donors (Lipinski definition) is 3. The summed E-state index contributed by atoms with van der Waals surface area (Å²) < 4.78 is 0. The minimum Gasteiger partial charge on any atom is -0.481 e. The third-order valence-corrected chi connectivity index (χ3v) is 3.52. The Kier molecular flexibility index (Phi) is 6.27. The number of thiazole rings is 1. The van der Waals surface area contributed by atoms with Gasteiger partial charge in [0.2, 0.25) is 0 Å². The van der Waals surface area contributed by atoms with Crippen LogP contribution >= 0.6 is 11.3 Å². The zero-order chi connectivity index (χ0) is 14.3. The Balaban J connectivity index is 2.39. The van der Waals surface area contributed by atoms with Crippen LogP contribution in [0.5, 0.6) is 0 Å². The number of nitrogens with one attached hydrogen (secondary N) is 2. The highest BCUT2D eigenvalue weighted by molar-refractivity contribution is 7.09. The molecule has 1 rings (SSSR count). The first kappa shape index (κ1) is 15.4. The van der Waals surface area contributed by atoms with Gasteiger partial charge in [0.15, 0.2) is 0 Å². The van der Waals surface area contributed by atoms with Crippen LogP contribution in [0.3, 0.4) is 0 Å². The number of amides is 2. The van der Waals surface area contributed by atoms with Crippen molar-refractivity contribution >= 4 is 23.3 Å². The van der Waals surface area contributed by atoms with Crippen LogP contribution < -0.4 is 10.6 Å². The highest BCUT2D eigenvalue weighted by Crippen LogP contribution is 2.18.